The van der Waals surface area contributed by atoms with Crippen molar-refractivity contribution in [2.45, 2.75) is 112 Å². The molecule has 2 aliphatic heterocycles. The zero-order chi connectivity index (χ0) is 47.0. The van der Waals surface area contributed by atoms with Gasteiger partial charge >= 0.3 is 5.97 Å². The monoisotopic (exact) mass is 921 g/mol. The van der Waals surface area contributed by atoms with Crippen LogP contribution >= 0.6 is 0 Å². The predicted octanol–water partition coefficient (Wildman–Crippen LogP) is 7.62. The summed E-state index contributed by atoms with van der Waals surface area (Å²) in [5.41, 5.74) is 10.0. The fourth-order valence-corrected chi connectivity index (χ4v) is 9.21. The van der Waals surface area contributed by atoms with Crippen LogP contribution in [0.2, 0.25) is 0 Å². The van der Waals surface area contributed by atoms with Gasteiger partial charge in [-0.1, -0.05) is 68.1 Å². The Morgan fingerprint density at radius 3 is 1.47 bits per heavy atom. The van der Waals surface area contributed by atoms with Crippen molar-refractivity contribution in [3.63, 3.8) is 0 Å². The molecule has 0 saturated carbocycles. The van der Waals surface area contributed by atoms with Gasteiger partial charge in [0, 0.05) is 37.3 Å². The highest BCUT2D eigenvalue weighted by molar-refractivity contribution is 5.76. The van der Waals surface area contributed by atoms with Crippen LogP contribution in [0.1, 0.15) is 114 Å². The van der Waals surface area contributed by atoms with Gasteiger partial charge in [0.05, 0.1) is 11.4 Å². The number of rotatable bonds is 10. The van der Waals surface area contributed by atoms with Crippen LogP contribution in [0.5, 0.6) is 0 Å². The van der Waals surface area contributed by atoms with E-state index in [1.807, 2.05) is 75.4 Å². The van der Waals surface area contributed by atoms with Crippen molar-refractivity contribution in [3.8, 4) is 11.6 Å². The van der Waals surface area contributed by atoms with E-state index >= 15 is 0 Å². The molecule has 2 aliphatic rings. The van der Waals surface area contributed by atoms with Gasteiger partial charge in [-0.2, -0.15) is 19.2 Å². The molecule has 2 N–H and O–H groups in total. The van der Waals surface area contributed by atoms with E-state index in [0.29, 0.717) is 53.9 Å². The number of fused-ring (bicyclic) bond motifs is 2. The van der Waals surface area contributed by atoms with E-state index in [4.69, 9.17) is 10.2 Å². The molecule has 10 rings (SSSR count). The zero-order valence-electron chi connectivity index (χ0n) is 39.3. The summed E-state index contributed by atoms with van der Waals surface area (Å²) in [5.74, 6) is 3.56. The average molecular weight is 921 g/mol. The number of carbonyl (C=O) groups excluding carboxylic acids is 1. The third-order valence-corrected chi connectivity index (χ3v) is 13.0. The lowest BCUT2D eigenvalue weighted by Gasteiger charge is -2.32. The first-order chi connectivity index (χ1) is 32.4. The van der Waals surface area contributed by atoms with Crippen LogP contribution in [0.15, 0.2) is 84.9 Å². The summed E-state index contributed by atoms with van der Waals surface area (Å²) in [6, 6.07) is 28.9. The predicted molar refractivity (Wildman–Crippen MR) is 262 cm³/mol. The second-order valence-corrected chi connectivity index (χ2v) is 17.4. The summed E-state index contributed by atoms with van der Waals surface area (Å²) < 4.78 is 6.95. The molecule has 2 aromatic carbocycles. The molecule has 0 bridgehead atoms. The van der Waals surface area contributed by atoms with Crippen molar-refractivity contribution in [1.29, 1.82) is 0 Å². The van der Waals surface area contributed by atoms with Gasteiger partial charge in [-0.05, 0) is 152 Å². The first-order valence-electron chi connectivity index (χ1n) is 23.2. The number of amides is 1. The SMILES string of the molecule is C.Cc1nn(-c2ccc3nnc(C)n3n2)c(C)c1CCC(=O)N1CCC(c2ccccc2)CC1.Cc1nn(-c2ccc3nnc(C)n3n2)c(C)c1CCC(=O)O.c1ccc(C2CCNCC2)cc1. The van der Waals surface area contributed by atoms with Gasteiger partial charge in [0.25, 0.3) is 0 Å². The van der Waals surface area contributed by atoms with Crippen LogP contribution in [-0.4, -0.2) is 107 Å². The Bertz CT molecular complexity index is 2940. The number of piperidine rings is 2. The highest BCUT2D eigenvalue weighted by atomic mass is 16.4. The molecule has 1 amide bonds. The number of carboxylic acid groups (broad SMARTS) is 1. The number of carboxylic acids is 1. The van der Waals surface area contributed by atoms with E-state index in [-0.39, 0.29) is 19.8 Å². The minimum Gasteiger partial charge on any atom is -0.481 e. The molecular formula is C51H64N14O3. The molecule has 0 spiro atoms. The van der Waals surface area contributed by atoms with Gasteiger partial charge in [-0.3, -0.25) is 9.59 Å². The van der Waals surface area contributed by atoms with Crippen LogP contribution in [0, 0.1) is 41.5 Å². The second-order valence-electron chi connectivity index (χ2n) is 17.4. The molecule has 0 radical (unpaired) electrons. The number of nitrogens with one attached hydrogen (secondary N) is 1. The molecule has 0 atom stereocenters. The first kappa shape index (κ1) is 48.8. The molecule has 17 heteroatoms. The van der Waals surface area contributed by atoms with E-state index in [2.05, 4.69) is 102 Å². The number of aryl methyl sites for hydroxylation is 4. The van der Waals surface area contributed by atoms with E-state index in [0.717, 1.165) is 71.6 Å². The van der Waals surface area contributed by atoms with Gasteiger partial charge in [0.2, 0.25) is 5.91 Å². The number of nitrogens with zero attached hydrogens (tertiary/aromatic N) is 13. The van der Waals surface area contributed by atoms with E-state index in [9.17, 15) is 9.59 Å². The Hall–Kier alpha value is -7.14. The molecule has 2 saturated heterocycles. The maximum absolute atomic E-state index is 12.9. The molecule has 356 valence electrons. The van der Waals surface area contributed by atoms with E-state index in [1.165, 1.54) is 37.1 Å². The van der Waals surface area contributed by atoms with Crippen molar-refractivity contribution in [2.75, 3.05) is 26.2 Å². The normalized spacial score (nSPS) is 14.2. The first-order valence-corrected chi connectivity index (χ1v) is 23.2. The maximum atomic E-state index is 12.9. The highest BCUT2D eigenvalue weighted by Gasteiger charge is 2.25. The van der Waals surface area contributed by atoms with Crippen molar-refractivity contribution in [2.24, 2.45) is 0 Å². The largest absolute Gasteiger partial charge is 0.481 e. The Morgan fingerprint density at radius 1 is 0.574 bits per heavy atom. The van der Waals surface area contributed by atoms with Crippen LogP contribution < -0.4 is 5.32 Å². The Labute approximate surface area is 397 Å². The fraction of sp³-hybridized carbons (Fsp3) is 0.412. The molecule has 0 unspecified atom stereocenters. The summed E-state index contributed by atoms with van der Waals surface area (Å²) in [6.45, 7) is 15.6. The Morgan fingerprint density at radius 2 is 1.01 bits per heavy atom. The Kier molecular flexibility index (Phi) is 15.9. The number of benzene rings is 2. The van der Waals surface area contributed by atoms with Crippen molar-refractivity contribution in [3.05, 3.63) is 142 Å². The maximum Gasteiger partial charge on any atom is 0.303 e. The number of hydrogen-bond acceptors (Lipinski definition) is 11. The van der Waals surface area contributed by atoms with Gasteiger partial charge < -0.3 is 15.3 Å². The van der Waals surface area contributed by atoms with Gasteiger partial charge in [0.1, 0.15) is 0 Å². The van der Waals surface area contributed by atoms with Crippen molar-refractivity contribution < 1.29 is 14.7 Å². The van der Waals surface area contributed by atoms with Crippen LogP contribution in [0.25, 0.3) is 22.9 Å². The number of aromatic nitrogens is 12. The second kappa shape index (κ2) is 22.1. The van der Waals surface area contributed by atoms with Gasteiger partial charge in [-0.25, -0.2) is 9.36 Å². The lowest BCUT2D eigenvalue weighted by molar-refractivity contribution is -0.137. The molecule has 8 aromatic rings. The minimum absolute atomic E-state index is 0. The highest BCUT2D eigenvalue weighted by Crippen LogP contribution is 2.29. The van der Waals surface area contributed by atoms with Crippen molar-refractivity contribution in [1.82, 2.24) is 69.4 Å². The lowest BCUT2D eigenvalue weighted by atomic mass is 9.89. The zero-order valence-corrected chi connectivity index (χ0v) is 39.3. The molecule has 0 aliphatic carbocycles. The molecule has 2 fully saturated rings. The summed E-state index contributed by atoms with van der Waals surface area (Å²) in [5, 5.41) is 46.7. The van der Waals surface area contributed by atoms with E-state index in [1.54, 1.807) is 13.7 Å². The Balaban J connectivity index is 0.000000168. The quantitative estimate of drug-likeness (QED) is 0.137. The number of likely N-dealkylation sites (tertiary alicyclic amines) is 1. The fourth-order valence-electron chi connectivity index (χ4n) is 9.21. The third-order valence-electron chi connectivity index (χ3n) is 13.0. The summed E-state index contributed by atoms with van der Waals surface area (Å²) in [4.78, 5) is 25.7. The van der Waals surface area contributed by atoms with Crippen LogP contribution in [-0.2, 0) is 22.4 Å². The molecule has 68 heavy (non-hydrogen) atoms. The minimum atomic E-state index is -0.814. The number of carbonyl (C=O) groups is 2. The summed E-state index contributed by atoms with van der Waals surface area (Å²) in [7, 11) is 0. The number of hydrogen-bond donors (Lipinski definition) is 2. The summed E-state index contributed by atoms with van der Waals surface area (Å²) in [6.07, 6.45) is 6.38. The van der Waals surface area contributed by atoms with Crippen molar-refractivity contribution >= 4 is 23.2 Å². The third kappa shape index (κ3) is 11.2. The standard InChI is InChI=1S/C25H29N7O.C14H16N6O2.C11H15N.CH4/c1-17-22(18(2)31(28-17)24-11-10-23-27-26-19(3)32(23)29-24)9-12-25(33)30-15-13-21(14-16-30)20-7-5-4-6-8-20;1-8-11(4-7-14(21)22)9(2)19(17-8)13-6-5-12-16-15-10(3)20(12)18-13;1-2-4-10(5-3-1)11-6-8-12-9-7-11;/h4-8,10-11,21H,9,12-16H2,1-3H3;5-6H,4,7H2,1-3H3,(H,21,22);1-5,11-12H,6-9H2;1H4. The van der Waals surface area contributed by atoms with Crippen LogP contribution in [0.4, 0.5) is 0 Å². The topological polar surface area (TPSA) is 191 Å². The lowest BCUT2D eigenvalue weighted by Crippen LogP contribution is -2.38. The van der Waals surface area contributed by atoms with E-state index < -0.39 is 5.97 Å². The molecule has 8 heterocycles. The van der Waals surface area contributed by atoms with Gasteiger partial charge in [-0.15, -0.1) is 30.6 Å². The smallest absolute Gasteiger partial charge is 0.303 e. The molecule has 17 nitrogen and oxygen atoms in total. The van der Waals surface area contributed by atoms with Crippen LogP contribution in [0.3, 0.4) is 0 Å². The van der Waals surface area contributed by atoms with Gasteiger partial charge in [0.15, 0.2) is 34.6 Å². The molecular weight excluding hydrogens is 857 g/mol. The average Bonchev–Trinajstić information content (AvgIpc) is 4.09. The summed E-state index contributed by atoms with van der Waals surface area (Å²) >= 11 is 0. The molecule has 6 aromatic heterocycles. The number of aliphatic carboxylic acids is 1.